The van der Waals surface area contributed by atoms with Gasteiger partial charge in [0, 0.05) is 5.41 Å². The van der Waals surface area contributed by atoms with Crippen molar-refractivity contribution in [3.05, 3.63) is 11.6 Å². The lowest BCUT2D eigenvalue weighted by Gasteiger charge is -2.71. The van der Waals surface area contributed by atoms with Crippen LogP contribution >= 0.6 is 0 Å². The van der Waals surface area contributed by atoms with E-state index in [0.29, 0.717) is 44.9 Å². The summed E-state index contributed by atoms with van der Waals surface area (Å²) in [5.74, 6) is -1.16. The second kappa shape index (κ2) is 15.0. The maximum absolute atomic E-state index is 14.7. The predicted octanol–water partition coefficient (Wildman–Crippen LogP) is 1.08. The molecule has 8 N–H and O–H groups in total. The molecule has 0 unspecified atom stereocenters. The lowest BCUT2D eigenvalue weighted by Crippen LogP contribution is -2.67. The molecular weight excluding hydrogens is 744 g/mol. The van der Waals surface area contributed by atoms with Gasteiger partial charge in [-0.1, -0.05) is 39.3 Å². The molecule has 2 saturated heterocycles. The summed E-state index contributed by atoms with van der Waals surface area (Å²) in [6.07, 6.45) is -5.49. The van der Waals surface area contributed by atoms with E-state index in [-0.39, 0.29) is 41.8 Å². The first kappa shape index (κ1) is 43.3. The molecule has 0 aromatic carbocycles. The van der Waals surface area contributed by atoms with Crippen LogP contribution in [0.2, 0.25) is 0 Å². The molecule has 0 bridgehead atoms. The van der Waals surface area contributed by atoms with Crippen molar-refractivity contribution in [1.29, 1.82) is 0 Å². The predicted molar refractivity (Wildman–Crippen MR) is 199 cm³/mol. The van der Waals surface area contributed by atoms with Crippen LogP contribution in [-0.4, -0.2) is 141 Å². The van der Waals surface area contributed by atoms with Gasteiger partial charge in [-0.25, -0.2) is 0 Å². The zero-order chi connectivity index (χ0) is 41.7. The lowest BCUT2D eigenvalue weighted by atomic mass is 9.33. The summed E-state index contributed by atoms with van der Waals surface area (Å²) in [5.41, 5.74) is -2.43. The molecule has 15 heteroatoms. The van der Waals surface area contributed by atoms with Crippen LogP contribution in [-0.2, 0) is 33.3 Å². The minimum absolute atomic E-state index is 0.0371. The van der Waals surface area contributed by atoms with Crippen LogP contribution in [0, 0.1) is 50.2 Å². The van der Waals surface area contributed by atoms with Gasteiger partial charge in [0.15, 0.2) is 6.29 Å². The van der Waals surface area contributed by atoms with Crippen LogP contribution in [0.25, 0.3) is 0 Å². The molecule has 0 aromatic rings. The summed E-state index contributed by atoms with van der Waals surface area (Å²) in [6.45, 7) is 9.94. The summed E-state index contributed by atoms with van der Waals surface area (Å²) < 4.78 is 28.9. The number of carbonyl (C=O) groups excluding carboxylic acids is 2. The fourth-order valence-electron chi connectivity index (χ4n) is 13.6. The van der Waals surface area contributed by atoms with E-state index in [0.717, 1.165) is 24.8 Å². The van der Waals surface area contributed by atoms with Gasteiger partial charge < -0.3 is 64.5 Å². The summed E-state index contributed by atoms with van der Waals surface area (Å²) >= 11 is 0. The summed E-state index contributed by atoms with van der Waals surface area (Å²) in [7, 11) is 1.37. The van der Waals surface area contributed by atoms with E-state index in [4.69, 9.17) is 23.7 Å². The molecule has 19 atom stereocenters. The molecule has 7 aliphatic rings. The number of hydrogen-bond donors (Lipinski definition) is 8. The van der Waals surface area contributed by atoms with Crippen LogP contribution in [0.3, 0.4) is 0 Å². The highest BCUT2D eigenvalue weighted by atomic mass is 16.7. The van der Waals surface area contributed by atoms with Gasteiger partial charge in [-0.05, 0) is 105 Å². The maximum atomic E-state index is 14.7. The lowest BCUT2D eigenvalue weighted by molar-refractivity contribution is -0.312. The zero-order valence-electron chi connectivity index (χ0n) is 34.2. The Balaban J connectivity index is 1.21. The van der Waals surface area contributed by atoms with E-state index in [1.54, 1.807) is 0 Å². The molecule has 4 saturated carbocycles. The highest BCUT2D eigenvalue weighted by Crippen LogP contribution is 2.76. The number of fused-ring (bicyclic) bond motifs is 7. The van der Waals surface area contributed by atoms with E-state index in [9.17, 15) is 50.4 Å². The van der Waals surface area contributed by atoms with E-state index in [1.807, 2.05) is 13.8 Å². The van der Waals surface area contributed by atoms with Gasteiger partial charge in [-0.2, -0.15) is 0 Å². The number of hydrogen-bond acceptors (Lipinski definition) is 15. The van der Waals surface area contributed by atoms with E-state index < -0.39 is 102 Å². The third kappa shape index (κ3) is 6.30. The largest absolute Gasteiger partial charge is 0.469 e. The number of aliphatic hydroxyl groups excluding tert-OH is 8. The van der Waals surface area contributed by atoms with Gasteiger partial charge in [0.05, 0.1) is 43.9 Å². The third-order valence-electron chi connectivity index (χ3n) is 17.4. The Morgan fingerprint density at radius 3 is 2.14 bits per heavy atom. The third-order valence-corrected chi connectivity index (χ3v) is 17.4. The first-order chi connectivity index (χ1) is 26.7. The molecule has 324 valence electrons. The summed E-state index contributed by atoms with van der Waals surface area (Å²) in [4.78, 5) is 28.1. The van der Waals surface area contributed by atoms with Crippen molar-refractivity contribution >= 4 is 11.9 Å². The molecule has 7 rings (SSSR count). The van der Waals surface area contributed by atoms with Crippen molar-refractivity contribution in [1.82, 2.24) is 0 Å². The average Bonchev–Trinajstić information content (AvgIpc) is 3.19. The number of aliphatic hydroxyl groups is 8. The number of ether oxygens (including phenoxy) is 5. The minimum Gasteiger partial charge on any atom is -0.469 e. The van der Waals surface area contributed by atoms with Gasteiger partial charge >= 0.3 is 11.9 Å². The summed E-state index contributed by atoms with van der Waals surface area (Å²) in [5, 5.41) is 83.6. The number of carbonyl (C=O) groups is 2. The Hall–Kier alpha value is -1.76. The second-order valence-electron chi connectivity index (χ2n) is 19.9. The van der Waals surface area contributed by atoms with Crippen molar-refractivity contribution in [3.8, 4) is 0 Å². The molecule has 57 heavy (non-hydrogen) atoms. The molecule has 0 spiro atoms. The van der Waals surface area contributed by atoms with Gasteiger partial charge in [-0.3, -0.25) is 9.59 Å². The first-order valence-electron chi connectivity index (χ1n) is 20.9. The Morgan fingerprint density at radius 1 is 0.789 bits per heavy atom. The fraction of sp³-hybridized carbons (Fsp3) is 0.905. The second-order valence-corrected chi connectivity index (χ2v) is 19.9. The van der Waals surface area contributed by atoms with Gasteiger partial charge in [-0.15, -0.1) is 0 Å². The van der Waals surface area contributed by atoms with Crippen molar-refractivity contribution in [2.24, 2.45) is 50.2 Å². The monoisotopic (exact) mass is 810 g/mol. The maximum Gasteiger partial charge on any atom is 0.315 e. The molecule has 0 aromatic heterocycles. The van der Waals surface area contributed by atoms with Crippen LogP contribution in [0.1, 0.15) is 98.8 Å². The molecule has 0 amide bonds. The van der Waals surface area contributed by atoms with Crippen LogP contribution < -0.4 is 0 Å². The van der Waals surface area contributed by atoms with Gasteiger partial charge in [0.2, 0.25) is 6.29 Å². The molecule has 15 nitrogen and oxygen atoms in total. The van der Waals surface area contributed by atoms with Gasteiger partial charge in [0.1, 0.15) is 42.7 Å². The van der Waals surface area contributed by atoms with E-state index >= 15 is 0 Å². The number of esters is 2. The minimum atomic E-state index is -1.74. The Morgan fingerprint density at radius 2 is 1.47 bits per heavy atom. The molecule has 5 aliphatic carbocycles. The SMILES string of the molecule is COC(=O)[C@@]1(C)CC[C@]2(C(=O)O[C@@H]3O[C@@H](CO)[C@H](O)[C@@H](O)[C@@H]3O)CC[C@]3(C)C(=CC[C@@H]4[C@@]5(C)CC[C@H](O[C@@H]6OC[C@H](O)[C@H](O)[C@H]6O)[C@@](C)(CO)[C@@H]5CC[C@]43C)[C@@H]2C1. The standard InChI is InChI=1S/C42H66O15/c1-37(35(51)53-6)13-15-42(36(52)57-34-32(50)30(48)29(47)24(18-43)55-34)16-14-40(4)21(22(42)17-37)7-8-26-38(2)11-10-27(56-33-31(49)28(46)23(45)19-54-33)39(3,20-44)25(38)9-12-41(26,40)5/h7,22-34,43-50H,8-20H2,1-6H3/t22-,23-,24-,25+,26+,27-,28-,29-,30+,31+,32-,33-,34-,37-,38-,39-,40+,41+,42-/m0/s1. The summed E-state index contributed by atoms with van der Waals surface area (Å²) in [6, 6.07) is 0. The number of rotatable bonds is 7. The van der Waals surface area contributed by atoms with E-state index in [1.165, 1.54) is 7.11 Å². The van der Waals surface area contributed by atoms with Crippen molar-refractivity contribution in [3.63, 3.8) is 0 Å². The van der Waals surface area contributed by atoms with Crippen molar-refractivity contribution < 1.29 is 74.1 Å². The topological polar surface area (TPSA) is 242 Å². The molecule has 2 heterocycles. The Bertz CT molecular complexity index is 1570. The van der Waals surface area contributed by atoms with Crippen molar-refractivity contribution in [2.45, 2.75) is 160 Å². The number of methoxy groups -OCH3 is 1. The average molecular weight is 811 g/mol. The first-order valence-corrected chi connectivity index (χ1v) is 20.9. The molecular formula is C42H66O15. The normalized spacial score (nSPS) is 53.6. The quantitative estimate of drug-likeness (QED) is 0.102. The zero-order valence-corrected chi connectivity index (χ0v) is 34.2. The van der Waals surface area contributed by atoms with Crippen molar-refractivity contribution in [2.75, 3.05) is 26.9 Å². The Labute approximate surface area is 334 Å². The molecule has 6 fully saturated rings. The molecule has 0 radical (unpaired) electrons. The highest BCUT2D eigenvalue weighted by Gasteiger charge is 2.71. The smallest absolute Gasteiger partial charge is 0.315 e. The fourth-order valence-corrected chi connectivity index (χ4v) is 13.6. The van der Waals surface area contributed by atoms with Crippen LogP contribution in [0.4, 0.5) is 0 Å². The van der Waals surface area contributed by atoms with Crippen LogP contribution in [0.15, 0.2) is 11.6 Å². The highest BCUT2D eigenvalue weighted by molar-refractivity contribution is 5.81. The van der Waals surface area contributed by atoms with Gasteiger partial charge in [0.25, 0.3) is 0 Å². The molecule has 2 aliphatic heterocycles. The van der Waals surface area contributed by atoms with Crippen LogP contribution in [0.5, 0.6) is 0 Å². The van der Waals surface area contributed by atoms with E-state index in [2.05, 4.69) is 26.8 Å². The Kier molecular flexibility index (Phi) is 11.4. The number of allylic oxidation sites excluding steroid dienone is 2.